The van der Waals surface area contributed by atoms with Crippen LogP contribution in [0.5, 0.6) is 0 Å². The lowest BCUT2D eigenvalue weighted by Gasteiger charge is -2.52. The topological polar surface area (TPSA) is 15.3 Å². The summed E-state index contributed by atoms with van der Waals surface area (Å²) >= 11 is 0. The van der Waals surface area contributed by atoms with Crippen molar-refractivity contribution in [3.63, 3.8) is 0 Å². The summed E-state index contributed by atoms with van der Waals surface area (Å²) < 4.78 is 26.9. The van der Waals surface area contributed by atoms with Gasteiger partial charge in [0.1, 0.15) is 0 Å². The summed E-state index contributed by atoms with van der Waals surface area (Å²) in [6.07, 6.45) is 1.88. The van der Waals surface area contributed by atoms with E-state index in [1.54, 1.807) is 11.9 Å². The van der Waals surface area contributed by atoms with Gasteiger partial charge < -0.3 is 10.2 Å². The molecule has 1 N–H and O–H groups in total. The van der Waals surface area contributed by atoms with Crippen molar-refractivity contribution >= 4 is 0 Å². The van der Waals surface area contributed by atoms with Gasteiger partial charge in [-0.25, -0.2) is 8.78 Å². The maximum absolute atomic E-state index is 13.5. The van der Waals surface area contributed by atoms with E-state index in [1.807, 2.05) is 0 Å². The van der Waals surface area contributed by atoms with E-state index < -0.39 is 11.3 Å². The predicted octanol–water partition coefficient (Wildman–Crippen LogP) is 1.96. The van der Waals surface area contributed by atoms with Gasteiger partial charge in [-0.3, -0.25) is 0 Å². The summed E-state index contributed by atoms with van der Waals surface area (Å²) in [6, 6.07) is 0. The van der Waals surface area contributed by atoms with Crippen molar-refractivity contribution in [2.75, 3.05) is 33.2 Å². The summed E-state index contributed by atoms with van der Waals surface area (Å²) in [5, 5.41) is 2.94. The van der Waals surface area contributed by atoms with Crippen LogP contribution in [0.4, 0.5) is 8.78 Å². The van der Waals surface area contributed by atoms with Crippen LogP contribution in [-0.2, 0) is 0 Å². The maximum Gasteiger partial charge on any atom is 0.268 e. The molecular weight excluding hydrogens is 198 g/mol. The minimum atomic E-state index is -2.49. The zero-order valence-electron chi connectivity index (χ0n) is 9.95. The highest BCUT2D eigenvalue weighted by Crippen LogP contribution is 2.45. The third-order valence-corrected chi connectivity index (χ3v) is 3.14. The molecule has 2 rings (SSSR count). The van der Waals surface area contributed by atoms with E-state index in [1.165, 1.54) is 6.42 Å². The Kier molecular flexibility index (Phi) is 4.06. The monoisotopic (exact) mass is 220 g/mol. The summed E-state index contributed by atoms with van der Waals surface area (Å²) in [5.41, 5.74) is -0.709. The summed E-state index contributed by atoms with van der Waals surface area (Å²) in [4.78, 5) is 1.71. The van der Waals surface area contributed by atoms with Gasteiger partial charge in [0, 0.05) is 13.1 Å². The van der Waals surface area contributed by atoms with Crippen LogP contribution in [0.1, 0.15) is 26.7 Å². The maximum atomic E-state index is 13.5. The van der Waals surface area contributed by atoms with E-state index in [-0.39, 0.29) is 6.54 Å². The summed E-state index contributed by atoms with van der Waals surface area (Å²) in [7, 11) is 1.76. The van der Waals surface area contributed by atoms with Gasteiger partial charge >= 0.3 is 0 Å². The average molecular weight is 220 g/mol. The van der Waals surface area contributed by atoms with Gasteiger partial charge in [0.05, 0.1) is 12.0 Å². The van der Waals surface area contributed by atoms with Crippen molar-refractivity contribution in [3.05, 3.63) is 0 Å². The molecule has 90 valence electrons. The third kappa shape index (κ3) is 2.48. The number of hydrogen-bond donors (Lipinski definition) is 1. The molecule has 4 heteroatoms. The molecule has 1 spiro atoms. The molecule has 2 nitrogen and oxygen atoms in total. The second-order valence-electron chi connectivity index (χ2n) is 4.78. The van der Waals surface area contributed by atoms with Crippen LogP contribution in [-0.4, -0.2) is 44.0 Å². The van der Waals surface area contributed by atoms with Crippen LogP contribution < -0.4 is 5.32 Å². The molecule has 0 aromatic heterocycles. The van der Waals surface area contributed by atoms with Crippen LogP contribution >= 0.6 is 0 Å². The second kappa shape index (κ2) is 4.74. The van der Waals surface area contributed by atoms with E-state index in [0.29, 0.717) is 19.5 Å². The average Bonchev–Trinajstić information content (AvgIpc) is 2.00. The van der Waals surface area contributed by atoms with Crippen molar-refractivity contribution in [2.24, 2.45) is 5.41 Å². The minimum absolute atomic E-state index is 0.0747. The number of halogens is 2. The smallest absolute Gasteiger partial charge is 0.268 e. The molecule has 15 heavy (non-hydrogen) atoms. The Bertz CT molecular complexity index is 203. The number of nitrogens with one attached hydrogen (secondary N) is 1. The predicted molar refractivity (Wildman–Crippen MR) is 58.3 cm³/mol. The second-order valence-corrected chi connectivity index (χ2v) is 4.78. The van der Waals surface area contributed by atoms with Gasteiger partial charge in [0.25, 0.3) is 5.92 Å². The lowest BCUT2D eigenvalue weighted by molar-refractivity contribution is -0.185. The van der Waals surface area contributed by atoms with Crippen LogP contribution in [0, 0.1) is 5.41 Å². The number of piperidine rings is 1. The highest BCUT2D eigenvalue weighted by molar-refractivity contribution is 5.05. The number of rotatable bonds is 0. The Morgan fingerprint density at radius 2 is 1.80 bits per heavy atom. The largest absolute Gasteiger partial charge is 0.315 e. The number of likely N-dealkylation sites (tertiary alicyclic amines) is 1. The first kappa shape index (κ1) is 12.8. The third-order valence-electron chi connectivity index (χ3n) is 3.14. The fraction of sp³-hybridized carbons (Fsp3) is 1.00. The Balaban J connectivity index is 0.000000337. The molecule has 0 aromatic carbocycles. The van der Waals surface area contributed by atoms with Crippen molar-refractivity contribution in [1.29, 1.82) is 0 Å². The molecule has 0 atom stereocenters. The van der Waals surface area contributed by atoms with Crippen molar-refractivity contribution in [1.82, 2.24) is 10.2 Å². The number of alkyl halides is 2. The molecule has 2 fully saturated rings. The van der Waals surface area contributed by atoms with E-state index in [2.05, 4.69) is 19.2 Å². The van der Waals surface area contributed by atoms with Crippen molar-refractivity contribution in [3.8, 4) is 0 Å². The molecule has 0 aliphatic carbocycles. The molecule has 2 saturated heterocycles. The van der Waals surface area contributed by atoms with Crippen LogP contribution in [0.2, 0.25) is 0 Å². The molecule has 0 aromatic rings. The molecule has 2 aliphatic heterocycles. The number of nitrogens with zero attached hydrogens (tertiary/aromatic N) is 1. The van der Waals surface area contributed by atoms with E-state index in [0.717, 1.165) is 6.54 Å². The minimum Gasteiger partial charge on any atom is -0.315 e. The van der Waals surface area contributed by atoms with Gasteiger partial charge in [-0.05, 0) is 20.0 Å². The molecule has 0 bridgehead atoms. The standard InChI is InChI=1S/C8H14F2N2.C3H8/c1-12-3-2-7(4-11-5-7)8(9,10)6-12;1-3-2/h11H,2-6H2,1H3;3H2,1-2H3. The quantitative estimate of drug-likeness (QED) is 0.671. The van der Waals surface area contributed by atoms with Gasteiger partial charge in [-0.15, -0.1) is 0 Å². The lowest BCUT2D eigenvalue weighted by atomic mass is 9.70. The van der Waals surface area contributed by atoms with Gasteiger partial charge in [-0.1, -0.05) is 20.3 Å². The first-order valence-corrected chi connectivity index (χ1v) is 5.74. The Labute approximate surface area is 91.0 Å². The Hall–Kier alpha value is -0.220. The van der Waals surface area contributed by atoms with Gasteiger partial charge in [-0.2, -0.15) is 0 Å². The van der Waals surface area contributed by atoms with Crippen LogP contribution in [0.15, 0.2) is 0 Å². The molecule has 2 aliphatic rings. The van der Waals surface area contributed by atoms with E-state index in [9.17, 15) is 8.78 Å². The first-order valence-electron chi connectivity index (χ1n) is 5.74. The Morgan fingerprint density at radius 1 is 1.27 bits per heavy atom. The van der Waals surface area contributed by atoms with Gasteiger partial charge in [0.2, 0.25) is 0 Å². The zero-order chi connectivity index (χ0) is 11.5. The van der Waals surface area contributed by atoms with Gasteiger partial charge in [0.15, 0.2) is 0 Å². The van der Waals surface area contributed by atoms with Crippen molar-refractivity contribution < 1.29 is 8.78 Å². The SMILES string of the molecule is CCC.CN1CCC2(CNC2)C(F)(F)C1. The molecule has 2 heterocycles. The van der Waals surface area contributed by atoms with Crippen LogP contribution in [0.25, 0.3) is 0 Å². The number of hydrogen-bond acceptors (Lipinski definition) is 2. The molecule has 0 amide bonds. The highest BCUT2D eigenvalue weighted by atomic mass is 19.3. The molecular formula is C11H22F2N2. The fourth-order valence-electron chi connectivity index (χ4n) is 2.04. The normalized spacial score (nSPS) is 27.8. The highest BCUT2D eigenvalue weighted by Gasteiger charge is 2.59. The zero-order valence-corrected chi connectivity index (χ0v) is 9.95. The summed E-state index contributed by atoms with van der Waals surface area (Å²) in [6.45, 7) is 5.97. The Morgan fingerprint density at radius 3 is 2.13 bits per heavy atom. The molecule has 0 unspecified atom stereocenters. The summed E-state index contributed by atoms with van der Waals surface area (Å²) in [5.74, 6) is -2.49. The van der Waals surface area contributed by atoms with Crippen LogP contribution in [0.3, 0.4) is 0 Å². The fourth-order valence-corrected chi connectivity index (χ4v) is 2.04. The lowest BCUT2D eigenvalue weighted by Crippen LogP contribution is -2.68. The van der Waals surface area contributed by atoms with Crippen molar-refractivity contribution in [2.45, 2.75) is 32.6 Å². The van der Waals surface area contributed by atoms with E-state index in [4.69, 9.17) is 0 Å². The molecule has 0 radical (unpaired) electrons. The van der Waals surface area contributed by atoms with E-state index >= 15 is 0 Å². The first-order chi connectivity index (χ1) is 6.97. The molecule has 0 saturated carbocycles.